The molecule has 6 heteroatoms. The van der Waals surface area contributed by atoms with Crippen LogP contribution in [0.4, 0.5) is 5.69 Å². The number of nitrogens with zero attached hydrogens (tertiary/aromatic N) is 1. The molecule has 3 N–H and O–H groups in total. The van der Waals surface area contributed by atoms with E-state index < -0.39 is 0 Å². The SMILES string of the molecule is CC1C(=O)NC(=O)CN1c1ccc([C@H](C)N)c(Br)c1. The Labute approximate surface area is 120 Å². The van der Waals surface area contributed by atoms with Crippen molar-refractivity contribution in [2.75, 3.05) is 11.4 Å². The third-order valence-corrected chi connectivity index (χ3v) is 3.92. The van der Waals surface area contributed by atoms with Crippen molar-refractivity contribution in [3.05, 3.63) is 28.2 Å². The number of hydrogen-bond acceptors (Lipinski definition) is 4. The van der Waals surface area contributed by atoms with Gasteiger partial charge in [-0.2, -0.15) is 0 Å². The van der Waals surface area contributed by atoms with E-state index in [1.807, 2.05) is 25.1 Å². The summed E-state index contributed by atoms with van der Waals surface area (Å²) in [7, 11) is 0. The number of imide groups is 1. The lowest BCUT2D eigenvalue weighted by Gasteiger charge is -2.33. The highest BCUT2D eigenvalue weighted by Gasteiger charge is 2.30. The van der Waals surface area contributed by atoms with E-state index in [1.54, 1.807) is 11.8 Å². The van der Waals surface area contributed by atoms with E-state index in [0.29, 0.717) is 0 Å². The third kappa shape index (κ3) is 2.79. The molecule has 1 fully saturated rings. The van der Waals surface area contributed by atoms with E-state index in [1.165, 1.54) is 0 Å². The molecule has 2 rings (SSSR count). The molecule has 5 nitrogen and oxygen atoms in total. The van der Waals surface area contributed by atoms with Crippen molar-refractivity contribution in [3.8, 4) is 0 Å². The molecule has 1 aromatic carbocycles. The van der Waals surface area contributed by atoms with E-state index in [-0.39, 0.29) is 30.4 Å². The molecule has 1 heterocycles. The predicted octanol–water partition coefficient (Wildman–Crippen LogP) is 1.32. The smallest absolute Gasteiger partial charge is 0.249 e. The zero-order chi connectivity index (χ0) is 14.2. The van der Waals surface area contributed by atoms with Gasteiger partial charge in [0.15, 0.2) is 0 Å². The van der Waals surface area contributed by atoms with Gasteiger partial charge in [0.2, 0.25) is 11.8 Å². The number of rotatable bonds is 2. The summed E-state index contributed by atoms with van der Waals surface area (Å²) in [5.41, 5.74) is 7.67. The van der Waals surface area contributed by atoms with Crippen LogP contribution in [-0.2, 0) is 9.59 Å². The third-order valence-electron chi connectivity index (χ3n) is 3.23. The van der Waals surface area contributed by atoms with Gasteiger partial charge in [0, 0.05) is 16.2 Å². The minimum Gasteiger partial charge on any atom is -0.350 e. The minimum absolute atomic E-state index is 0.0767. The lowest BCUT2D eigenvalue weighted by atomic mass is 10.1. The molecule has 1 aromatic rings. The lowest BCUT2D eigenvalue weighted by molar-refractivity contribution is -0.132. The normalized spacial score (nSPS) is 21.3. The number of piperazine rings is 1. The van der Waals surface area contributed by atoms with Gasteiger partial charge >= 0.3 is 0 Å². The number of carbonyl (C=O) groups is 2. The Morgan fingerprint density at radius 1 is 1.47 bits per heavy atom. The van der Waals surface area contributed by atoms with Crippen molar-refractivity contribution in [2.24, 2.45) is 5.73 Å². The number of halogens is 1. The van der Waals surface area contributed by atoms with Crippen LogP contribution in [-0.4, -0.2) is 24.4 Å². The Kier molecular flexibility index (Phi) is 3.91. The van der Waals surface area contributed by atoms with Crippen LogP contribution in [0.5, 0.6) is 0 Å². The molecular formula is C13H16BrN3O2. The number of carbonyl (C=O) groups excluding carboxylic acids is 2. The fourth-order valence-electron chi connectivity index (χ4n) is 2.09. The standard InChI is InChI=1S/C13H16BrN3O2/c1-7(15)10-4-3-9(5-11(10)14)17-6-12(18)16-13(19)8(17)2/h3-5,7-8H,6,15H2,1-2H3,(H,16,18,19)/t7-,8?/m0/s1. The molecule has 0 saturated carbocycles. The maximum Gasteiger partial charge on any atom is 0.249 e. The van der Waals surface area contributed by atoms with Gasteiger partial charge in [0.1, 0.15) is 6.04 Å². The Morgan fingerprint density at radius 2 is 2.16 bits per heavy atom. The first-order valence-corrected chi connectivity index (χ1v) is 6.85. The summed E-state index contributed by atoms with van der Waals surface area (Å²) in [5.74, 6) is -0.556. The van der Waals surface area contributed by atoms with Crippen molar-refractivity contribution in [3.63, 3.8) is 0 Å². The number of nitrogens with two attached hydrogens (primary N) is 1. The Morgan fingerprint density at radius 3 is 2.74 bits per heavy atom. The van der Waals surface area contributed by atoms with E-state index >= 15 is 0 Å². The molecule has 1 aliphatic heterocycles. The molecule has 102 valence electrons. The van der Waals surface area contributed by atoms with Gasteiger partial charge in [0.25, 0.3) is 0 Å². The van der Waals surface area contributed by atoms with Gasteiger partial charge in [-0.25, -0.2) is 0 Å². The Bertz CT molecular complexity index is 531. The average Bonchev–Trinajstić information content (AvgIpc) is 2.33. The summed E-state index contributed by atoms with van der Waals surface area (Å²) in [4.78, 5) is 24.9. The first-order chi connectivity index (χ1) is 8.90. The zero-order valence-corrected chi connectivity index (χ0v) is 12.4. The van der Waals surface area contributed by atoms with Crippen molar-refractivity contribution in [1.82, 2.24) is 5.32 Å². The van der Waals surface area contributed by atoms with Gasteiger partial charge in [-0.1, -0.05) is 22.0 Å². The van der Waals surface area contributed by atoms with Gasteiger partial charge in [-0.05, 0) is 31.5 Å². The van der Waals surface area contributed by atoms with Crippen LogP contribution in [0.25, 0.3) is 0 Å². The summed E-state index contributed by atoms with van der Waals surface area (Å²) in [6.45, 7) is 3.85. The number of hydrogen-bond donors (Lipinski definition) is 2. The van der Waals surface area contributed by atoms with Crippen molar-refractivity contribution < 1.29 is 9.59 Å². The van der Waals surface area contributed by atoms with Crippen molar-refractivity contribution in [2.45, 2.75) is 25.9 Å². The predicted molar refractivity (Wildman–Crippen MR) is 76.7 cm³/mol. The average molecular weight is 326 g/mol. The molecule has 19 heavy (non-hydrogen) atoms. The van der Waals surface area contributed by atoms with Crippen LogP contribution < -0.4 is 16.0 Å². The second-order valence-electron chi connectivity index (χ2n) is 4.71. The number of anilines is 1. The fraction of sp³-hybridized carbons (Fsp3) is 0.385. The molecule has 1 unspecified atom stereocenters. The molecular weight excluding hydrogens is 310 g/mol. The van der Waals surface area contributed by atoms with Crippen LogP contribution in [0.1, 0.15) is 25.5 Å². The van der Waals surface area contributed by atoms with Crippen LogP contribution in [0.15, 0.2) is 22.7 Å². The number of amides is 2. The van der Waals surface area contributed by atoms with E-state index in [2.05, 4.69) is 21.2 Å². The van der Waals surface area contributed by atoms with Gasteiger partial charge < -0.3 is 10.6 Å². The highest BCUT2D eigenvalue weighted by Crippen LogP contribution is 2.28. The van der Waals surface area contributed by atoms with Gasteiger partial charge in [-0.15, -0.1) is 0 Å². The summed E-state index contributed by atoms with van der Waals surface area (Å²) >= 11 is 3.47. The molecule has 2 amide bonds. The number of benzene rings is 1. The molecule has 1 aliphatic rings. The number of nitrogens with one attached hydrogen (secondary N) is 1. The highest BCUT2D eigenvalue weighted by molar-refractivity contribution is 9.10. The molecule has 0 aliphatic carbocycles. The molecule has 2 atom stereocenters. The summed E-state index contributed by atoms with van der Waals surface area (Å²) in [6, 6.07) is 5.23. The molecule has 0 bridgehead atoms. The summed E-state index contributed by atoms with van der Waals surface area (Å²) < 4.78 is 0.880. The largest absolute Gasteiger partial charge is 0.350 e. The molecule has 1 saturated heterocycles. The van der Waals surface area contributed by atoms with Crippen molar-refractivity contribution in [1.29, 1.82) is 0 Å². The zero-order valence-electron chi connectivity index (χ0n) is 10.8. The molecule has 0 aromatic heterocycles. The quantitative estimate of drug-likeness (QED) is 0.804. The highest BCUT2D eigenvalue weighted by atomic mass is 79.9. The maximum absolute atomic E-state index is 11.6. The Balaban J connectivity index is 2.33. The maximum atomic E-state index is 11.6. The van der Waals surface area contributed by atoms with Crippen molar-refractivity contribution >= 4 is 33.4 Å². The van der Waals surface area contributed by atoms with Gasteiger partial charge in [-0.3, -0.25) is 14.9 Å². The van der Waals surface area contributed by atoms with E-state index in [0.717, 1.165) is 15.7 Å². The van der Waals surface area contributed by atoms with Crippen LogP contribution >= 0.6 is 15.9 Å². The summed E-state index contributed by atoms with van der Waals surface area (Å²) in [5, 5.41) is 2.32. The first-order valence-electron chi connectivity index (χ1n) is 6.05. The van der Waals surface area contributed by atoms with Gasteiger partial charge in [0.05, 0.1) is 6.54 Å². The summed E-state index contributed by atoms with van der Waals surface area (Å²) in [6.07, 6.45) is 0. The minimum atomic E-state index is -0.370. The second kappa shape index (κ2) is 5.30. The van der Waals surface area contributed by atoms with Crippen LogP contribution in [0.2, 0.25) is 0 Å². The van der Waals surface area contributed by atoms with Crippen LogP contribution in [0.3, 0.4) is 0 Å². The van der Waals surface area contributed by atoms with Crippen LogP contribution in [0, 0.1) is 0 Å². The molecule has 0 radical (unpaired) electrons. The van der Waals surface area contributed by atoms with E-state index in [4.69, 9.17) is 5.73 Å². The first kappa shape index (κ1) is 14.0. The second-order valence-corrected chi connectivity index (χ2v) is 5.57. The fourth-order valence-corrected chi connectivity index (χ4v) is 2.82. The van der Waals surface area contributed by atoms with E-state index in [9.17, 15) is 9.59 Å². The topological polar surface area (TPSA) is 75.4 Å². The monoisotopic (exact) mass is 325 g/mol. The molecule has 0 spiro atoms. The lowest BCUT2D eigenvalue weighted by Crippen LogP contribution is -2.57. The Hall–Kier alpha value is -1.40.